The van der Waals surface area contributed by atoms with E-state index < -0.39 is 0 Å². The molecule has 1 N–H and O–H groups in total. The maximum absolute atomic E-state index is 13.4. The van der Waals surface area contributed by atoms with Crippen LogP contribution in [0.25, 0.3) is 0 Å². The molecule has 0 aliphatic carbocycles. The van der Waals surface area contributed by atoms with Crippen molar-refractivity contribution in [1.29, 1.82) is 0 Å². The number of nitrogens with zero attached hydrogens (tertiary/aromatic N) is 2. The Morgan fingerprint density at radius 3 is 2.85 bits per heavy atom. The number of fused-ring (bicyclic) bond motifs is 1. The van der Waals surface area contributed by atoms with Gasteiger partial charge in [0.1, 0.15) is 11.6 Å². The number of benzene rings is 2. The van der Waals surface area contributed by atoms with E-state index >= 15 is 0 Å². The fraction of sp³-hybridized carbons (Fsp3) is 0.381. The molecule has 0 fully saturated rings. The standard InChI is InChI=1S/C21H26FN3O2/c1-2-24(18-8-4-3-5-9-18)13-6-12-23-21(26)25-14-7-15-27-20-16-17(22)10-11-19(20)25/h3-5,8-11,16H,2,6-7,12-15H2,1H3,(H,23,26). The molecule has 2 amide bonds. The molecule has 0 saturated carbocycles. The molecule has 6 heteroatoms. The molecule has 2 aromatic rings. The Kier molecular flexibility index (Phi) is 6.52. The van der Waals surface area contributed by atoms with Crippen LogP contribution in [0.1, 0.15) is 19.8 Å². The quantitative estimate of drug-likeness (QED) is 0.780. The van der Waals surface area contributed by atoms with Crippen LogP contribution in [0, 0.1) is 5.82 Å². The molecule has 1 aliphatic rings. The number of urea groups is 1. The number of amides is 2. The zero-order chi connectivity index (χ0) is 19.1. The Hall–Kier alpha value is -2.76. The molecule has 0 saturated heterocycles. The van der Waals surface area contributed by atoms with E-state index in [0.717, 1.165) is 19.5 Å². The summed E-state index contributed by atoms with van der Waals surface area (Å²) in [7, 11) is 0. The Morgan fingerprint density at radius 1 is 1.26 bits per heavy atom. The van der Waals surface area contributed by atoms with Crippen LogP contribution in [0.4, 0.5) is 20.6 Å². The normalized spacial score (nSPS) is 13.3. The number of rotatable bonds is 6. The van der Waals surface area contributed by atoms with Gasteiger partial charge in [-0.25, -0.2) is 9.18 Å². The van der Waals surface area contributed by atoms with E-state index in [2.05, 4.69) is 29.3 Å². The summed E-state index contributed by atoms with van der Waals surface area (Å²) in [6, 6.07) is 14.4. The molecule has 0 unspecified atom stereocenters. The van der Waals surface area contributed by atoms with E-state index in [1.807, 2.05) is 18.2 Å². The van der Waals surface area contributed by atoms with Gasteiger partial charge in [-0.3, -0.25) is 4.90 Å². The van der Waals surface area contributed by atoms with Crippen molar-refractivity contribution >= 4 is 17.4 Å². The van der Waals surface area contributed by atoms with Crippen LogP contribution in [-0.4, -0.2) is 38.8 Å². The molecule has 27 heavy (non-hydrogen) atoms. The van der Waals surface area contributed by atoms with Gasteiger partial charge in [-0.2, -0.15) is 0 Å². The summed E-state index contributed by atoms with van der Waals surface area (Å²) in [4.78, 5) is 16.6. The molecular weight excluding hydrogens is 345 g/mol. The molecule has 1 heterocycles. The Balaban J connectivity index is 1.54. The Morgan fingerprint density at radius 2 is 2.07 bits per heavy atom. The molecule has 2 aromatic carbocycles. The summed E-state index contributed by atoms with van der Waals surface area (Å²) in [5, 5.41) is 2.98. The van der Waals surface area contributed by atoms with Gasteiger partial charge in [-0.1, -0.05) is 18.2 Å². The number of nitrogens with one attached hydrogen (secondary N) is 1. The second kappa shape index (κ2) is 9.26. The van der Waals surface area contributed by atoms with Crippen LogP contribution >= 0.6 is 0 Å². The molecule has 144 valence electrons. The van der Waals surface area contributed by atoms with Crippen molar-refractivity contribution in [2.75, 3.05) is 42.6 Å². The predicted octanol–water partition coefficient (Wildman–Crippen LogP) is 4.04. The van der Waals surface area contributed by atoms with Gasteiger partial charge < -0.3 is 15.0 Å². The molecule has 1 aliphatic heterocycles. The SMILES string of the molecule is CCN(CCCNC(=O)N1CCCOc2cc(F)ccc21)c1ccccc1. The first kappa shape index (κ1) is 19.0. The zero-order valence-electron chi connectivity index (χ0n) is 15.7. The lowest BCUT2D eigenvalue weighted by molar-refractivity contribution is 0.246. The van der Waals surface area contributed by atoms with Crippen LogP contribution < -0.4 is 19.9 Å². The lowest BCUT2D eigenvalue weighted by Crippen LogP contribution is -2.41. The summed E-state index contributed by atoms with van der Waals surface area (Å²) in [5.41, 5.74) is 1.80. The lowest BCUT2D eigenvalue weighted by Gasteiger charge is -2.24. The maximum atomic E-state index is 13.4. The van der Waals surface area contributed by atoms with Gasteiger partial charge in [0.15, 0.2) is 0 Å². The van der Waals surface area contributed by atoms with E-state index in [1.165, 1.54) is 17.8 Å². The molecule has 0 radical (unpaired) electrons. The minimum Gasteiger partial charge on any atom is -0.491 e. The third kappa shape index (κ3) is 4.90. The van der Waals surface area contributed by atoms with Crippen LogP contribution in [0.15, 0.2) is 48.5 Å². The smallest absolute Gasteiger partial charge is 0.321 e. The van der Waals surface area contributed by atoms with Crippen molar-refractivity contribution < 1.29 is 13.9 Å². The first-order valence-electron chi connectivity index (χ1n) is 9.46. The summed E-state index contributed by atoms with van der Waals surface area (Å²) in [6.07, 6.45) is 1.55. The van der Waals surface area contributed by atoms with Gasteiger partial charge in [-0.05, 0) is 44.0 Å². The third-order valence-electron chi connectivity index (χ3n) is 4.63. The maximum Gasteiger partial charge on any atom is 0.321 e. The number of hydrogen-bond acceptors (Lipinski definition) is 3. The van der Waals surface area contributed by atoms with Crippen LogP contribution in [0.3, 0.4) is 0 Å². The fourth-order valence-corrected chi connectivity index (χ4v) is 3.23. The average molecular weight is 371 g/mol. The summed E-state index contributed by atoms with van der Waals surface area (Å²) >= 11 is 0. The molecule has 0 bridgehead atoms. The van der Waals surface area contributed by atoms with E-state index in [-0.39, 0.29) is 11.8 Å². The topological polar surface area (TPSA) is 44.8 Å². The minimum absolute atomic E-state index is 0.170. The van der Waals surface area contributed by atoms with Crippen molar-refractivity contribution in [2.45, 2.75) is 19.8 Å². The number of anilines is 2. The monoisotopic (exact) mass is 371 g/mol. The van der Waals surface area contributed by atoms with Gasteiger partial charge in [0.25, 0.3) is 0 Å². The van der Waals surface area contributed by atoms with E-state index in [0.29, 0.717) is 37.6 Å². The first-order valence-corrected chi connectivity index (χ1v) is 9.46. The zero-order valence-corrected chi connectivity index (χ0v) is 15.7. The van der Waals surface area contributed by atoms with Crippen LogP contribution in [-0.2, 0) is 0 Å². The fourth-order valence-electron chi connectivity index (χ4n) is 3.23. The number of carbonyl (C=O) groups is 1. The lowest BCUT2D eigenvalue weighted by atomic mass is 10.2. The van der Waals surface area contributed by atoms with Crippen LogP contribution in [0.5, 0.6) is 5.75 Å². The summed E-state index contributed by atoms with van der Waals surface area (Å²) in [6.45, 7) is 5.51. The molecular formula is C21H26FN3O2. The van der Waals surface area contributed by atoms with Gasteiger partial charge >= 0.3 is 6.03 Å². The minimum atomic E-state index is -0.364. The average Bonchev–Trinajstić information content (AvgIpc) is 2.90. The van der Waals surface area contributed by atoms with E-state index in [9.17, 15) is 9.18 Å². The van der Waals surface area contributed by atoms with E-state index in [1.54, 1.807) is 11.0 Å². The highest BCUT2D eigenvalue weighted by Crippen LogP contribution is 2.31. The highest BCUT2D eigenvalue weighted by atomic mass is 19.1. The number of hydrogen-bond donors (Lipinski definition) is 1. The Labute approximate surface area is 159 Å². The molecule has 5 nitrogen and oxygen atoms in total. The van der Waals surface area contributed by atoms with Crippen molar-refractivity contribution in [1.82, 2.24) is 5.32 Å². The van der Waals surface area contributed by atoms with Crippen molar-refractivity contribution in [3.63, 3.8) is 0 Å². The van der Waals surface area contributed by atoms with Gasteiger partial charge in [0.2, 0.25) is 0 Å². The molecule has 3 rings (SSSR count). The summed E-state index contributed by atoms with van der Waals surface area (Å²) < 4.78 is 19.0. The summed E-state index contributed by atoms with van der Waals surface area (Å²) in [5.74, 6) is 0.0560. The van der Waals surface area contributed by atoms with Gasteiger partial charge in [-0.15, -0.1) is 0 Å². The second-order valence-electron chi connectivity index (χ2n) is 6.47. The largest absolute Gasteiger partial charge is 0.491 e. The molecule has 0 atom stereocenters. The van der Waals surface area contributed by atoms with Crippen molar-refractivity contribution in [2.24, 2.45) is 0 Å². The van der Waals surface area contributed by atoms with Crippen molar-refractivity contribution in [3.8, 4) is 5.75 Å². The van der Waals surface area contributed by atoms with Crippen LogP contribution in [0.2, 0.25) is 0 Å². The van der Waals surface area contributed by atoms with Gasteiger partial charge in [0.05, 0.1) is 12.3 Å². The highest BCUT2D eigenvalue weighted by Gasteiger charge is 2.22. The highest BCUT2D eigenvalue weighted by molar-refractivity contribution is 5.93. The second-order valence-corrected chi connectivity index (χ2v) is 6.47. The predicted molar refractivity (Wildman–Crippen MR) is 106 cm³/mol. The first-order chi connectivity index (χ1) is 13.2. The molecule has 0 spiro atoms. The number of halogens is 1. The van der Waals surface area contributed by atoms with Crippen molar-refractivity contribution in [3.05, 3.63) is 54.3 Å². The number of carbonyl (C=O) groups excluding carboxylic acids is 1. The van der Waals surface area contributed by atoms with Gasteiger partial charge in [0, 0.05) is 37.9 Å². The number of ether oxygens (including phenoxy) is 1. The Bertz CT molecular complexity index is 754. The third-order valence-corrected chi connectivity index (χ3v) is 4.63. The van der Waals surface area contributed by atoms with E-state index in [4.69, 9.17) is 4.74 Å². The number of para-hydroxylation sites is 1. The molecule has 0 aromatic heterocycles.